The summed E-state index contributed by atoms with van der Waals surface area (Å²) in [5, 5.41) is 21.0. The number of nitrogens with zero attached hydrogens (tertiary/aromatic N) is 2. The van der Waals surface area contributed by atoms with Gasteiger partial charge in [-0.2, -0.15) is 0 Å². The van der Waals surface area contributed by atoms with Gasteiger partial charge in [-0.15, -0.1) is 0 Å². The Morgan fingerprint density at radius 2 is 2.00 bits per heavy atom. The van der Waals surface area contributed by atoms with Crippen molar-refractivity contribution in [1.82, 2.24) is 15.0 Å². The minimum absolute atomic E-state index is 0.00822. The topological polar surface area (TPSA) is 120 Å². The van der Waals surface area contributed by atoms with Crippen LogP contribution in [-0.4, -0.2) is 50.4 Å². The number of fused-ring (bicyclic) bond motifs is 1. The molecule has 176 valence electrons. The number of alkyl halides is 2. The van der Waals surface area contributed by atoms with E-state index in [9.17, 15) is 23.1 Å². The molecule has 34 heavy (non-hydrogen) atoms. The number of carbonyl (C=O) groups excluding carboxylic acids is 1. The molecule has 2 aromatic heterocycles. The monoisotopic (exact) mass is 472 g/mol. The van der Waals surface area contributed by atoms with Crippen LogP contribution in [0.5, 0.6) is 5.75 Å². The number of ether oxygens (including phenoxy) is 1. The van der Waals surface area contributed by atoms with Crippen molar-refractivity contribution < 1.29 is 32.9 Å². The van der Waals surface area contributed by atoms with E-state index in [1.807, 2.05) is 0 Å². The van der Waals surface area contributed by atoms with Crippen molar-refractivity contribution in [2.75, 3.05) is 18.5 Å². The first kappa shape index (κ1) is 23.2. The van der Waals surface area contributed by atoms with Crippen molar-refractivity contribution in [2.45, 2.75) is 12.5 Å². The molecule has 4 N–H and O–H groups in total. The van der Waals surface area contributed by atoms with Crippen LogP contribution in [0.1, 0.15) is 22.3 Å². The SMILES string of the molecule is O=C(Nc1cccc(OC[C@H](O)CO)c1)c1cncc2[nH]c(-c3ccc(F)cc3C(F)F)nc12. The van der Waals surface area contributed by atoms with Gasteiger partial charge in [0.15, 0.2) is 0 Å². The van der Waals surface area contributed by atoms with Crippen molar-refractivity contribution in [2.24, 2.45) is 0 Å². The van der Waals surface area contributed by atoms with Gasteiger partial charge in [-0.25, -0.2) is 18.2 Å². The van der Waals surface area contributed by atoms with Crippen LogP contribution in [0.25, 0.3) is 22.4 Å². The Bertz CT molecular complexity index is 1330. The fourth-order valence-corrected chi connectivity index (χ4v) is 3.26. The van der Waals surface area contributed by atoms with Crippen molar-refractivity contribution in [1.29, 1.82) is 0 Å². The quantitative estimate of drug-likeness (QED) is 0.311. The number of nitrogens with one attached hydrogen (secondary N) is 2. The van der Waals surface area contributed by atoms with Crippen molar-refractivity contribution in [3.05, 3.63) is 71.8 Å². The van der Waals surface area contributed by atoms with Gasteiger partial charge in [0, 0.05) is 29.1 Å². The summed E-state index contributed by atoms with van der Waals surface area (Å²) in [4.78, 5) is 24.1. The second-order valence-electron chi connectivity index (χ2n) is 7.33. The second kappa shape index (κ2) is 9.89. The maximum atomic E-state index is 13.5. The average molecular weight is 472 g/mol. The summed E-state index contributed by atoms with van der Waals surface area (Å²) in [5.74, 6) is -0.949. The van der Waals surface area contributed by atoms with Crippen LogP contribution in [0.15, 0.2) is 54.9 Å². The fraction of sp³-hybridized carbons (Fsp3) is 0.174. The molecule has 1 amide bonds. The molecule has 0 saturated heterocycles. The number of rotatable bonds is 8. The van der Waals surface area contributed by atoms with Gasteiger partial charge in [-0.05, 0) is 30.3 Å². The number of aromatic amines is 1. The highest BCUT2D eigenvalue weighted by Crippen LogP contribution is 2.32. The van der Waals surface area contributed by atoms with Crippen LogP contribution < -0.4 is 10.1 Å². The van der Waals surface area contributed by atoms with Gasteiger partial charge in [0.2, 0.25) is 0 Å². The molecule has 8 nitrogen and oxygen atoms in total. The van der Waals surface area contributed by atoms with Gasteiger partial charge < -0.3 is 25.3 Å². The lowest BCUT2D eigenvalue weighted by Gasteiger charge is -2.11. The van der Waals surface area contributed by atoms with Crippen LogP contribution in [0.3, 0.4) is 0 Å². The number of imidazole rings is 1. The molecule has 1 atom stereocenters. The number of aliphatic hydroxyl groups is 2. The number of amides is 1. The van der Waals surface area contributed by atoms with Crippen molar-refractivity contribution in [3.63, 3.8) is 0 Å². The number of benzene rings is 2. The number of halogens is 3. The van der Waals surface area contributed by atoms with E-state index in [0.29, 0.717) is 17.0 Å². The predicted molar refractivity (Wildman–Crippen MR) is 117 cm³/mol. The summed E-state index contributed by atoms with van der Waals surface area (Å²) in [6.45, 7) is -0.576. The molecule has 4 aromatic rings. The van der Waals surface area contributed by atoms with Gasteiger partial charge in [0.1, 0.15) is 35.6 Å². The third-order valence-corrected chi connectivity index (χ3v) is 4.89. The van der Waals surface area contributed by atoms with Gasteiger partial charge in [-0.3, -0.25) is 9.78 Å². The zero-order chi connectivity index (χ0) is 24.2. The Hall–Kier alpha value is -3.96. The lowest BCUT2D eigenvalue weighted by molar-refractivity contribution is 0.0536. The Labute approximate surface area is 191 Å². The standard InChI is InChI=1S/C23H19F3N4O4/c24-12-4-5-16(17(6-12)21(25)26)22-29-19-9-27-8-18(20(19)30-22)23(33)28-13-2-1-3-15(7-13)34-11-14(32)10-31/h1-9,14,21,31-32H,10-11H2,(H,28,33)(H,29,30)/t14-/m1/s1. The number of hydrogen-bond donors (Lipinski definition) is 4. The van der Waals surface area contributed by atoms with Crippen LogP contribution in [0, 0.1) is 5.82 Å². The van der Waals surface area contributed by atoms with E-state index in [-0.39, 0.29) is 29.1 Å². The number of hydrogen-bond acceptors (Lipinski definition) is 6. The first-order valence-electron chi connectivity index (χ1n) is 10.1. The van der Waals surface area contributed by atoms with E-state index in [2.05, 4.69) is 20.3 Å². The smallest absolute Gasteiger partial charge is 0.264 e. The number of anilines is 1. The van der Waals surface area contributed by atoms with Crippen LogP contribution in [0.4, 0.5) is 18.9 Å². The van der Waals surface area contributed by atoms with Gasteiger partial charge in [0.05, 0.1) is 23.9 Å². The molecular formula is C23H19F3N4O4. The lowest BCUT2D eigenvalue weighted by atomic mass is 10.1. The zero-order valence-corrected chi connectivity index (χ0v) is 17.5. The zero-order valence-electron chi connectivity index (χ0n) is 17.5. The van der Waals surface area contributed by atoms with E-state index in [0.717, 1.165) is 12.1 Å². The molecular weight excluding hydrogens is 453 g/mol. The number of pyridine rings is 1. The maximum absolute atomic E-state index is 13.5. The molecule has 0 saturated carbocycles. The Morgan fingerprint density at radius 1 is 1.18 bits per heavy atom. The third kappa shape index (κ3) is 5.00. The minimum atomic E-state index is -2.92. The molecule has 11 heteroatoms. The van der Waals surface area contributed by atoms with Gasteiger partial charge in [0.25, 0.3) is 12.3 Å². The summed E-state index contributed by atoms with van der Waals surface area (Å²) in [6, 6.07) is 9.38. The lowest BCUT2D eigenvalue weighted by Crippen LogP contribution is -2.21. The molecule has 0 fully saturated rings. The highest BCUT2D eigenvalue weighted by molar-refractivity contribution is 6.11. The number of H-pyrrole nitrogens is 1. The number of aliphatic hydroxyl groups excluding tert-OH is 2. The molecule has 0 radical (unpaired) electrons. The molecule has 2 heterocycles. The summed E-state index contributed by atoms with van der Waals surface area (Å²) < 4.78 is 45.7. The first-order valence-corrected chi connectivity index (χ1v) is 10.1. The summed E-state index contributed by atoms with van der Waals surface area (Å²) in [6.07, 6.45) is -1.27. The van der Waals surface area contributed by atoms with Crippen LogP contribution >= 0.6 is 0 Å². The molecule has 2 aromatic carbocycles. The van der Waals surface area contributed by atoms with Crippen molar-refractivity contribution in [3.8, 4) is 17.1 Å². The van der Waals surface area contributed by atoms with Crippen LogP contribution in [0.2, 0.25) is 0 Å². The van der Waals surface area contributed by atoms with E-state index >= 15 is 0 Å². The fourth-order valence-electron chi connectivity index (χ4n) is 3.26. The largest absolute Gasteiger partial charge is 0.491 e. The molecule has 0 spiro atoms. The second-order valence-corrected chi connectivity index (χ2v) is 7.33. The molecule has 0 bridgehead atoms. The predicted octanol–water partition coefficient (Wildman–Crippen LogP) is 3.69. The highest BCUT2D eigenvalue weighted by Gasteiger charge is 2.20. The molecule has 0 aliphatic rings. The number of aromatic nitrogens is 3. The molecule has 0 aliphatic carbocycles. The van der Waals surface area contributed by atoms with E-state index in [1.165, 1.54) is 24.5 Å². The van der Waals surface area contributed by atoms with Gasteiger partial charge >= 0.3 is 0 Å². The molecule has 4 rings (SSSR count). The average Bonchev–Trinajstić information content (AvgIpc) is 3.26. The van der Waals surface area contributed by atoms with Gasteiger partial charge in [-0.1, -0.05) is 6.07 Å². The summed E-state index contributed by atoms with van der Waals surface area (Å²) in [5.41, 5.74) is 0.484. The Balaban J connectivity index is 1.61. The minimum Gasteiger partial charge on any atom is -0.491 e. The third-order valence-electron chi connectivity index (χ3n) is 4.89. The summed E-state index contributed by atoms with van der Waals surface area (Å²) in [7, 11) is 0. The van der Waals surface area contributed by atoms with Crippen molar-refractivity contribution >= 4 is 22.6 Å². The highest BCUT2D eigenvalue weighted by atomic mass is 19.3. The van der Waals surface area contributed by atoms with E-state index in [4.69, 9.17) is 9.84 Å². The molecule has 0 unspecified atom stereocenters. The van der Waals surface area contributed by atoms with Crippen LogP contribution in [-0.2, 0) is 0 Å². The first-order chi connectivity index (χ1) is 16.4. The normalized spacial score (nSPS) is 12.2. The number of carbonyl (C=O) groups is 1. The summed E-state index contributed by atoms with van der Waals surface area (Å²) >= 11 is 0. The van der Waals surface area contributed by atoms with E-state index in [1.54, 1.807) is 18.2 Å². The Morgan fingerprint density at radius 3 is 2.76 bits per heavy atom. The molecule has 0 aliphatic heterocycles. The Kier molecular flexibility index (Phi) is 6.75. The van der Waals surface area contributed by atoms with E-state index < -0.39 is 36.4 Å². The maximum Gasteiger partial charge on any atom is 0.264 e.